The number of hydrogen-bond acceptors (Lipinski definition) is 4. The monoisotopic (exact) mass is 271 g/mol. The van der Waals surface area contributed by atoms with Crippen LogP contribution in [-0.2, 0) is 0 Å². The summed E-state index contributed by atoms with van der Waals surface area (Å²) in [5.74, 6) is 0.721. The topological polar surface area (TPSA) is 57.9 Å². The van der Waals surface area contributed by atoms with Gasteiger partial charge in [-0.3, -0.25) is 0 Å². The van der Waals surface area contributed by atoms with E-state index in [1.165, 1.54) is 19.4 Å². The van der Waals surface area contributed by atoms with E-state index in [4.69, 9.17) is 10.00 Å². The van der Waals surface area contributed by atoms with Crippen molar-refractivity contribution in [2.45, 2.75) is 13.0 Å². The molecule has 1 aromatic heterocycles. The maximum absolute atomic E-state index is 13.9. The van der Waals surface area contributed by atoms with Crippen LogP contribution in [0, 0.1) is 17.1 Å². The molecule has 5 heteroatoms. The van der Waals surface area contributed by atoms with E-state index in [0.717, 1.165) is 0 Å². The van der Waals surface area contributed by atoms with Gasteiger partial charge in [0, 0.05) is 6.20 Å². The van der Waals surface area contributed by atoms with E-state index in [1.54, 1.807) is 24.3 Å². The van der Waals surface area contributed by atoms with Crippen LogP contribution in [0.4, 0.5) is 10.2 Å². The Morgan fingerprint density at radius 2 is 2.15 bits per heavy atom. The van der Waals surface area contributed by atoms with Crippen molar-refractivity contribution in [3.8, 4) is 11.8 Å². The molecule has 4 nitrogen and oxygen atoms in total. The molecule has 20 heavy (non-hydrogen) atoms. The zero-order chi connectivity index (χ0) is 14.5. The van der Waals surface area contributed by atoms with Gasteiger partial charge in [-0.15, -0.1) is 0 Å². The zero-order valence-electron chi connectivity index (χ0n) is 11.2. The van der Waals surface area contributed by atoms with Crippen LogP contribution < -0.4 is 10.1 Å². The van der Waals surface area contributed by atoms with E-state index in [2.05, 4.69) is 10.3 Å². The van der Waals surface area contributed by atoms with Crippen LogP contribution in [0.3, 0.4) is 0 Å². The summed E-state index contributed by atoms with van der Waals surface area (Å²) in [5.41, 5.74) is 0.924. The summed E-state index contributed by atoms with van der Waals surface area (Å²) < 4.78 is 19.1. The second kappa shape index (κ2) is 6.02. The minimum atomic E-state index is -0.335. The number of nitrogens with zero attached hydrogens (tertiary/aromatic N) is 2. The number of aromatic nitrogens is 1. The van der Waals surface area contributed by atoms with Crippen molar-refractivity contribution in [3.05, 3.63) is 53.5 Å². The normalized spacial score (nSPS) is 11.5. The van der Waals surface area contributed by atoms with Crippen LogP contribution in [0.15, 0.2) is 36.5 Å². The molecule has 0 aliphatic heterocycles. The maximum Gasteiger partial charge on any atom is 0.132 e. The highest BCUT2D eigenvalue weighted by Crippen LogP contribution is 2.29. The number of anilines is 1. The lowest BCUT2D eigenvalue weighted by molar-refractivity contribution is 0.402. The van der Waals surface area contributed by atoms with Gasteiger partial charge in [-0.25, -0.2) is 9.37 Å². The average molecular weight is 271 g/mol. The number of methoxy groups -OCH3 is 1. The quantitative estimate of drug-likeness (QED) is 0.927. The molecule has 2 aromatic rings. The Hall–Kier alpha value is -2.61. The fourth-order valence-electron chi connectivity index (χ4n) is 1.95. The summed E-state index contributed by atoms with van der Waals surface area (Å²) in [6, 6.07) is 9.72. The van der Waals surface area contributed by atoms with Gasteiger partial charge in [0.15, 0.2) is 0 Å². The van der Waals surface area contributed by atoms with E-state index in [-0.39, 0.29) is 11.9 Å². The predicted molar refractivity (Wildman–Crippen MR) is 73.9 cm³/mol. The third kappa shape index (κ3) is 2.86. The predicted octanol–water partition coefficient (Wildman–Crippen LogP) is 3.27. The van der Waals surface area contributed by atoms with E-state index in [9.17, 15) is 4.39 Å². The summed E-state index contributed by atoms with van der Waals surface area (Å²) in [7, 11) is 1.50. The lowest BCUT2D eigenvalue weighted by Gasteiger charge is -2.18. The third-order valence-electron chi connectivity index (χ3n) is 2.92. The maximum atomic E-state index is 13.9. The molecule has 0 spiro atoms. The van der Waals surface area contributed by atoms with Crippen molar-refractivity contribution >= 4 is 5.82 Å². The second-order valence-corrected chi connectivity index (χ2v) is 4.27. The first-order valence-corrected chi connectivity index (χ1v) is 6.10. The molecule has 0 fully saturated rings. The van der Waals surface area contributed by atoms with Gasteiger partial charge < -0.3 is 10.1 Å². The summed E-state index contributed by atoms with van der Waals surface area (Å²) in [4.78, 5) is 4.10. The van der Waals surface area contributed by atoms with Crippen LogP contribution in [0.25, 0.3) is 0 Å². The number of rotatable bonds is 4. The molecule has 1 aromatic carbocycles. The van der Waals surface area contributed by atoms with Crippen molar-refractivity contribution in [1.29, 1.82) is 5.26 Å². The standard InChI is InChI=1S/C15H14FN3O/c1-10(15-12(16)4-3-5-13(15)20-2)19-14-7-6-11(8-17)9-18-14/h3-7,9-10H,1-2H3,(H,18,19). The number of pyridine rings is 1. The molecule has 0 saturated carbocycles. The smallest absolute Gasteiger partial charge is 0.132 e. The highest BCUT2D eigenvalue weighted by molar-refractivity contribution is 5.45. The van der Waals surface area contributed by atoms with Crippen molar-refractivity contribution in [2.24, 2.45) is 0 Å². The molecule has 1 N–H and O–H groups in total. The van der Waals surface area contributed by atoms with E-state index < -0.39 is 0 Å². The Morgan fingerprint density at radius 1 is 1.35 bits per heavy atom. The van der Waals surface area contributed by atoms with Gasteiger partial charge in [0.25, 0.3) is 0 Å². The van der Waals surface area contributed by atoms with Gasteiger partial charge >= 0.3 is 0 Å². The Bertz CT molecular complexity index is 635. The summed E-state index contributed by atoms with van der Waals surface area (Å²) >= 11 is 0. The fourth-order valence-corrected chi connectivity index (χ4v) is 1.95. The molecule has 102 valence electrons. The molecular weight excluding hydrogens is 257 g/mol. The van der Waals surface area contributed by atoms with Gasteiger partial charge in [0.1, 0.15) is 23.5 Å². The number of hydrogen-bond donors (Lipinski definition) is 1. The number of nitrogens with one attached hydrogen (secondary N) is 1. The minimum absolute atomic E-state index is 0.313. The molecule has 2 rings (SSSR count). The third-order valence-corrected chi connectivity index (χ3v) is 2.92. The Kier molecular flexibility index (Phi) is 4.16. The SMILES string of the molecule is COc1cccc(F)c1C(C)Nc1ccc(C#N)cn1. The molecule has 0 aliphatic rings. The van der Waals surface area contributed by atoms with Gasteiger partial charge in [-0.1, -0.05) is 6.07 Å². The largest absolute Gasteiger partial charge is 0.496 e. The molecule has 0 radical (unpaired) electrons. The molecule has 1 unspecified atom stereocenters. The highest BCUT2D eigenvalue weighted by atomic mass is 19.1. The lowest BCUT2D eigenvalue weighted by Crippen LogP contribution is -2.11. The Labute approximate surface area is 116 Å². The number of halogens is 1. The first-order chi connectivity index (χ1) is 9.65. The van der Waals surface area contributed by atoms with Crippen LogP contribution in [-0.4, -0.2) is 12.1 Å². The molecule has 0 aliphatic carbocycles. The molecule has 0 bridgehead atoms. The summed E-state index contributed by atoms with van der Waals surface area (Å²) in [6.07, 6.45) is 1.47. The van der Waals surface area contributed by atoms with Crippen LogP contribution >= 0.6 is 0 Å². The van der Waals surface area contributed by atoms with Crippen molar-refractivity contribution in [3.63, 3.8) is 0 Å². The lowest BCUT2D eigenvalue weighted by atomic mass is 10.1. The molecule has 1 atom stereocenters. The van der Waals surface area contributed by atoms with Gasteiger partial charge in [-0.2, -0.15) is 5.26 Å². The Morgan fingerprint density at radius 3 is 2.75 bits per heavy atom. The molecule has 0 saturated heterocycles. The molecule has 1 heterocycles. The highest BCUT2D eigenvalue weighted by Gasteiger charge is 2.16. The summed E-state index contributed by atoms with van der Waals surface area (Å²) in [6.45, 7) is 1.82. The zero-order valence-corrected chi connectivity index (χ0v) is 11.2. The van der Waals surface area contributed by atoms with Crippen LogP contribution in [0.2, 0.25) is 0 Å². The van der Waals surface area contributed by atoms with Crippen molar-refractivity contribution < 1.29 is 9.13 Å². The van der Waals surface area contributed by atoms with E-state index in [1.807, 2.05) is 13.0 Å². The first-order valence-electron chi connectivity index (χ1n) is 6.10. The van der Waals surface area contributed by atoms with Crippen LogP contribution in [0.5, 0.6) is 5.75 Å². The van der Waals surface area contributed by atoms with Gasteiger partial charge in [-0.05, 0) is 31.2 Å². The number of benzene rings is 1. The van der Waals surface area contributed by atoms with Gasteiger partial charge in [0.05, 0.1) is 24.3 Å². The summed E-state index contributed by atoms with van der Waals surface area (Å²) in [5, 5.41) is 11.8. The van der Waals surface area contributed by atoms with Crippen molar-refractivity contribution in [2.75, 3.05) is 12.4 Å². The number of nitriles is 1. The van der Waals surface area contributed by atoms with Crippen LogP contribution in [0.1, 0.15) is 24.1 Å². The van der Waals surface area contributed by atoms with Crippen molar-refractivity contribution in [1.82, 2.24) is 4.98 Å². The van der Waals surface area contributed by atoms with E-state index in [0.29, 0.717) is 22.7 Å². The fraction of sp³-hybridized carbons (Fsp3) is 0.200. The molecule has 0 amide bonds. The second-order valence-electron chi connectivity index (χ2n) is 4.27. The first kappa shape index (κ1) is 13.8. The number of ether oxygens (including phenoxy) is 1. The van der Waals surface area contributed by atoms with Gasteiger partial charge in [0.2, 0.25) is 0 Å². The average Bonchev–Trinajstić information content (AvgIpc) is 2.47. The Balaban J connectivity index is 2.23. The molecular formula is C15H14FN3O. The van der Waals surface area contributed by atoms with E-state index >= 15 is 0 Å². The minimum Gasteiger partial charge on any atom is -0.496 e.